The molecular formula is C14H20N4O3S. The van der Waals surface area contributed by atoms with Gasteiger partial charge in [-0.1, -0.05) is 0 Å². The second-order valence-corrected chi connectivity index (χ2v) is 7.48. The van der Waals surface area contributed by atoms with E-state index in [0.717, 1.165) is 19.4 Å². The monoisotopic (exact) mass is 324 g/mol. The molecule has 22 heavy (non-hydrogen) atoms. The molecule has 0 saturated carbocycles. The summed E-state index contributed by atoms with van der Waals surface area (Å²) >= 11 is 0. The van der Waals surface area contributed by atoms with Gasteiger partial charge in [0.15, 0.2) is 0 Å². The van der Waals surface area contributed by atoms with Crippen LogP contribution < -0.4 is 5.32 Å². The first-order valence-corrected chi connectivity index (χ1v) is 9.05. The predicted molar refractivity (Wildman–Crippen MR) is 83.8 cm³/mol. The molecule has 1 fully saturated rings. The van der Waals surface area contributed by atoms with Crippen molar-refractivity contribution in [2.24, 2.45) is 4.40 Å². The van der Waals surface area contributed by atoms with Crippen LogP contribution in [0.2, 0.25) is 0 Å². The zero-order chi connectivity index (χ0) is 15.7. The van der Waals surface area contributed by atoms with Gasteiger partial charge in [-0.05, 0) is 32.0 Å². The molecule has 1 amide bonds. The molecule has 0 aromatic carbocycles. The Labute approximate surface area is 130 Å². The van der Waals surface area contributed by atoms with Crippen LogP contribution in [0.25, 0.3) is 0 Å². The van der Waals surface area contributed by atoms with Gasteiger partial charge in [0.1, 0.15) is 5.84 Å². The molecule has 1 unspecified atom stereocenters. The van der Waals surface area contributed by atoms with E-state index in [1.165, 1.54) is 0 Å². The quantitative estimate of drug-likeness (QED) is 0.754. The standard InChI is InChI=1S/C14H20N4O3S/c1-15-12-3-2-6-18(10-12)14(19)11-4-5-13-16-22(20,21)8-7-17(13)9-11/h4-5,9,12,15H,2-3,6-8,10H2,1H3. The van der Waals surface area contributed by atoms with Crippen LogP contribution in [0.15, 0.2) is 28.3 Å². The maximum Gasteiger partial charge on any atom is 0.256 e. The van der Waals surface area contributed by atoms with Crippen molar-refractivity contribution in [1.82, 2.24) is 15.1 Å². The van der Waals surface area contributed by atoms with Gasteiger partial charge < -0.3 is 15.1 Å². The van der Waals surface area contributed by atoms with Crippen molar-refractivity contribution in [1.29, 1.82) is 0 Å². The number of nitrogens with one attached hydrogen (secondary N) is 1. The van der Waals surface area contributed by atoms with Crippen molar-refractivity contribution in [2.75, 3.05) is 32.4 Å². The van der Waals surface area contributed by atoms with Crippen LogP contribution in [0.1, 0.15) is 12.8 Å². The molecule has 3 aliphatic heterocycles. The molecule has 0 aliphatic carbocycles. The number of amidine groups is 1. The first-order valence-electron chi connectivity index (χ1n) is 7.44. The van der Waals surface area contributed by atoms with E-state index in [1.807, 2.05) is 11.9 Å². The molecule has 0 spiro atoms. The van der Waals surface area contributed by atoms with Crippen LogP contribution in [-0.2, 0) is 14.8 Å². The number of fused-ring (bicyclic) bond motifs is 1. The minimum Gasteiger partial charge on any atom is -0.337 e. The fraction of sp³-hybridized carbons (Fsp3) is 0.571. The van der Waals surface area contributed by atoms with E-state index in [1.54, 1.807) is 23.3 Å². The number of carbonyl (C=O) groups excluding carboxylic acids is 1. The Bertz CT molecular complexity index is 666. The maximum absolute atomic E-state index is 12.6. The SMILES string of the molecule is CNC1CCCN(C(=O)C2=CN3CCS(=O)(=O)N=C3C=C2)C1. The van der Waals surface area contributed by atoms with E-state index in [9.17, 15) is 13.2 Å². The molecular weight excluding hydrogens is 304 g/mol. The third-order valence-electron chi connectivity index (χ3n) is 4.19. The number of piperidine rings is 1. The summed E-state index contributed by atoms with van der Waals surface area (Å²) in [5.74, 6) is 0.353. The second kappa shape index (κ2) is 5.85. The highest BCUT2D eigenvalue weighted by atomic mass is 32.2. The summed E-state index contributed by atoms with van der Waals surface area (Å²) in [6.07, 6.45) is 7.03. The highest BCUT2D eigenvalue weighted by molar-refractivity contribution is 7.90. The highest BCUT2D eigenvalue weighted by Gasteiger charge is 2.28. The number of rotatable bonds is 2. The molecule has 1 atom stereocenters. The fourth-order valence-electron chi connectivity index (χ4n) is 2.91. The summed E-state index contributed by atoms with van der Waals surface area (Å²) in [6, 6.07) is 0.336. The first-order chi connectivity index (χ1) is 10.5. The number of nitrogens with zero attached hydrogens (tertiary/aromatic N) is 3. The topological polar surface area (TPSA) is 82.1 Å². The van der Waals surface area contributed by atoms with Gasteiger partial charge >= 0.3 is 0 Å². The second-order valence-electron chi connectivity index (χ2n) is 5.73. The summed E-state index contributed by atoms with van der Waals surface area (Å²) in [6.45, 7) is 1.80. The Kier molecular flexibility index (Phi) is 4.05. The molecule has 8 heteroatoms. The van der Waals surface area contributed by atoms with Gasteiger partial charge in [-0.2, -0.15) is 0 Å². The van der Waals surface area contributed by atoms with Gasteiger partial charge in [-0.15, -0.1) is 4.40 Å². The molecule has 0 aromatic rings. The summed E-state index contributed by atoms with van der Waals surface area (Å²) in [5.41, 5.74) is 0.579. The smallest absolute Gasteiger partial charge is 0.256 e. The van der Waals surface area contributed by atoms with Crippen molar-refractivity contribution in [3.8, 4) is 0 Å². The van der Waals surface area contributed by atoms with E-state index < -0.39 is 10.0 Å². The minimum absolute atomic E-state index is 0.0105. The molecule has 3 rings (SSSR count). The third-order valence-corrected chi connectivity index (χ3v) is 5.35. The summed E-state index contributed by atoms with van der Waals surface area (Å²) < 4.78 is 26.7. The lowest BCUT2D eigenvalue weighted by molar-refractivity contribution is -0.128. The van der Waals surface area contributed by atoms with Gasteiger partial charge in [0, 0.05) is 31.9 Å². The molecule has 1 saturated heterocycles. The van der Waals surface area contributed by atoms with Gasteiger partial charge in [0.2, 0.25) is 0 Å². The summed E-state index contributed by atoms with van der Waals surface area (Å²) in [7, 11) is -1.45. The molecule has 120 valence electrons. The Hall–Kier alpha value is -1.67. The average molecular weight is 324 g/mol. The molecule has 0 aromatic heterocycles. The number of likely N-dealkylation sites (N-methyl/N-ethyl adjacent to an activating group) is 1. The van der Waals surface area contributed by atoms with Crippen molar-refractivity contribution < 1.29 is 13.2 Å². The number of amides is 1. The lowest BCUT2D eigenvalue weighted by Crippen LogP contribution is -2.47. The van der Waals surface area contributed by atoms with Crippen molar-refractivity contribution >= 4 is 21.8 Å². The van der Waals surface area contributed by atoms with E-state index in [-0.39, 0.29) is 11.7 Å². The largest absolute Gasteiger partial charge is 0.337 e. The maximum atomic E-state index is 12.6. The Balaban J connectivity index is 1.75. The fourth-order valence-corrected chi connectivity index (χ4v) is 3.88. The van der Waals surface area contributed by atoms with Gasteiger partial charge in [0.25, 0.3) is 15.9 Å². The first kappa shape index (κ1) is 15.2. The van der Waals surface area contributed by atoms with Crippen molar-refractivity contribution in [3.05, 3.63) is 23.9 Å². The zero-order valence-corrected chi connectivity index (χ0v) is 13.3. The van der Waals surface area contributed by atoms with E-state index >= 15 is 0 Å². The molecule has 3 aliphatic rings. The predicted octanol–water partition coefficient (Wildman–Crippen LogP) is -0.306. The van der Waals surface area contributed by atoms with Crippen LogP contribution >= 0.6 is 0 Å². The van der Waals surface area contributed by atoms with Crippen molar-refractivity contribution in [3.63, 3.8) is 0 Å². The third kappa shape index (κ3) is 3.07. The Morgan fingerprint density at radius 1 is 1.36 bits per heavy atom. The minimum atomic E-state index is -3.36. The lowest BCUT2D eigenvalue weighted by atomic mass is 10.0. The number of carbonyl (C=O) groups is 1. The van der Waals surface area contributed by atoms with E-state index in [0.29, 0.717) is 30.5 Å². The average Bonchev–Trinajstić information content (AvgIpc) is 2.53. The number of hydrogen-bond donors (Lipinski definition) is 1. The van der Waals surface area contributed by atoms with E-state index in [2.05, 4.69) is 9.71 Å². The van der Waals surface area contributed by atoms with Gasteiger partial charge in [-0.25, -0.2) is 8.42 Å². The van der Waals surface area contributed by atoms with Crippen LogP contribution in [0.5, 0.6) is 0 Å². The number of likely N-dealkylation sites (tertiary alicyclic amines) is 1. The zero-order valence-electron chi connectivity index (χ0n) is 12.5. The Morgan fingerprint density at radius 2 is 2.18 bits per heavy atom. The highest BCUT2D eigenvalue weighted by Crippen LogP contribution is 2.19. The van der Waals surface area contributed by atoms with Crippen LogP contribution in [0, 0.1) is 0 Å². The summed E-state index contributed by atoms with van der Waals surface area (Å²) in [5, 5.41) is 3.22. The normalized spacial score (nSPS) is 27.0. The number of hydrogen-bond acceptors (Lipinski definition) is 5. The molecule has 7 nitrogen and oxygen atoms in total. The van der Waals surface area contributed by atoms with Gasteiger partial charge in [0.05, 0.1) is 11.3 Å². The molecule has 3 heterocycles. The van der Waals surface area contributed by atoms with Crippen molar-refractivity contribution in [2.45, 2.75) is 18.9 Å². The lowest BCUT2D eigenvalue weighted by Gasteiger charge is -2.34. The van der Waals surface area contributed by atoms with E-state index in [4.69, 9.17) is 0 Å². The molecule has 1 N–H and O–H groups in total. The van der Waals surface area contributed by atoms with Crippen LogP contribution in [0.3, 0.4) is 0 Å². The van der Waals surface area contributed by atoms with Gasteiger partial charge in [-0.3, -0.25) is 4.79 Å². The number of sulfonamides is 1. The summed E-state index contributed by atoms with van der Waals surface area (Å²) in [4.78, 5) is 16.2. The Morgan fingerprint density at radius 3 is 2.95 bits per heavy atom. The van der Waals surface area contributed by atoms with Crippen LogP contribution in [-0.4, -0.2) is 68.4 Å². The molecule has 0 bridgehead atoms. The molecule has 0 radical (unpaired) electrons. The van der Waals surface area contributed by atoms with Crippen LogP contribution in [0.4, 0.5) is 0 Å².